The Bertz CT molecular complexity index is 1040. The number of urea groups is 1. The van der Waals surface area contributed by atoms with Crippen LogP contribution in [0, 0.1) is 0 Å². The first-order valence-corrected chi connectivity index (χ1v) is 10.4. The lowest BCUT2D eigenvalue weighted by atomic mass is 9.96. The molecule has 7 nitrogen and oxygen atoms in total. The third-order valence-corrected chi connectivity index (χ3v) is 5.83. The van der Waals surface area contributed by atoms with Gasteiger partial charge in [-0.3, -0.25) is 4.79 Å². The normalized spacial score (nSPS) is 15.1. The van der Waals surface area contributed by atoms with Crippen LogP contribution in [0.2, 0.25) is 0 Å². The summed E-state index contributed by atoms with van der Waals surface area (Å²) in [5.74, 6) is 0.633. The van der Waals surface area contributed by atoms with Gasteiger partial charge in [0.05, 0.1) is 17.6 Å². The second-order valence-electron chi connectivity index (χ2n) is 7.84. The lowest BCUT2D eigenvalue weighted by molar-refractivity contribution is -0.127. The van der Waals surface area contributed by atoms with Crippen LogP contribution >= 0.6 is 0 Å². The van der Waals surface area contributed by atoms with Crippen LogP contribution in [0.1, 0.15) is 37.1 Å². The molecule has 0 atom stereocenters. The fourth-order valence-electron chi connectivity index (χ4n) is 4.11. The molecule has 30 heavy (non-hydrogen) atoms. The van der Waals surface area contributed by atoms with Crippen molar-refractivity contribution in [1.29, 1.82) is 0 Å². The van der Waals surface area contributed by atoms with Crippen LogP contribution in [0.15, 0.2) is 54.6 Å². The van der Waals surface area contributed by atoms with Gasteiger partial charge in [0.1, 0.15) is 11.4 Å². The number of amides is 3. The van der Waals surface area contributed by atoms with Gasteiger partial charge in [-0.15, -0.1) is 0 Å². The zero-order valence-electron chi connectivity index (χ0n) is 17.1. The van der Waals surface area contributed by atoms with Crippen molar-refractivity contribution in [3.8, 4) is 0 Å². The fraction of sp³-hybridized carbons (Fsp3) is 0.348. The molecule has 0 saturated heterocycles. The summed E-state index contributed by atoms with van der Waals surface area (Å²) in [5, 5.41) is 8.81. The molecule has 3 aromatic rings. The molecular weight excluding hydrogens is 378 g/mol. The van der Waals surface area contributed by atoms with Gasteiger partial charge in [-0.25, -0.2) is 9.78 Å². The van der Waals surface area contributed by atoms with Crippen molar-refractivity contribution in [1.82, 2.24) is 25.5 Å². The van der Waals surface area contributed by atoms with Crippen LogP contribution in [0.4, 0.5) is 4.79 Å². The summed E-state index contributed by atoms with van der Waals surface area (Å²) in [6.07, 6.45) is 3.11. The van der Waals surface area contributed by atoms with Gasteiger partial charge >= 0.3 is 6.03 Å². The first-order valence-electron chi connectivity index (χ1n) is 10.4. The Morgan fingerprint density at radius 2 is 1.67 bits per heavy atom. The highest BCUT2D eigenvalue weighted by molar-refractivity contribution is 5.91. The number of hydrogen-bond acceptors (Lipinski definition) is 3. The summed E-state index contributed by atoms with van der Waals surface area (Å²) >= 11 is 0. The number of carbonyl (C=O) groups excluding carboxylic acids is 2. The predicted octanol–water partition coefficient (Wildman–Crippen LogP) is 3.00. The molecular formula is C23H27N5O2. The van der Waals surface area contributed by atoms with Crippen LogP contribution in [0.25, 0.3) is 11.0 Å². The van der Waals surface area contributed by atoms with Crippen LogP contribution in [0.5, 0.6) is 0 Å². The van der Waals surface area contributed by atoms with E-state index < -0.39 is 5.54 Å². The average Bonchev–Trinajstić information content (AvgIpc) is 3.37. The molecule has 3 N–H and O–H groups in total. The average molecular weight is 406 g/mol. The van der Waals surface area contributed by atoms with Gasteiger partial charge in [0.15, 0.2) is 0 Å². The van der Waals surface area contributed by atoms with E-state index in [2.05, 4.69) is 20.9 Å². The SMILES string of the molecule is Cn1c(CNC(=O)C2(NC(=O)NCc3ccccc3)CCCC2)nc2ccccc21. The van der Waals surface area contributed by atoms with E-state index in [1.54, 1.807) is 0 Å². The molecule has 0 aliphatic heterocycles. The van der Waals surface area contributed by atoms with E-state index >= 15 is 0 Å². The van der Waals surface area contributed by atoms with E-state index in [1.165, 1.54) is 0 Å². The quantitative estimate of drug-likeness (QED) is 0.589. The third kappa shape index (κ3) is 4.15. The van der Waals surface area contributed by atoms with Crippen molar-refractivity contribution in [2.45, 2.75) is 44.3 Å². The van der Waals surface area contributed by atoms with Crippen molar-refractivity contribution < 1.29 is 9.59 Å². The van der Waals surface area contributed by atoms with Gasteiger partial charge in [0.25, 0.3) is 0 Å². The molecule has 0 unspecified atom stereocenters. The van der Waals surface area contributed by atoms with Crippen LogP contribution in [-0.4, -0.2) is 27.0 Å². The standard InChI is InChI=1S/C23H27N5O2/c1-28-19-12-6-5-11-18(19)26-20(28)16-24-21(29)23(13-7-8-14-23)27-22(30)25-15-17-9-3-2-4-10-17/h2-6,9-12H,7-8,13-16H2,1H3,(H,24,29)(H2,25,27,30). The number of imidazole rings is 1. The summed E-state index contributed by atoms with van der Waals surface area (Å²) in [6.45, 7) is 0.739. The lowest BCUT2D eigenvalue weighted by Gasteiger charge is -2.29. The summed E-state index contributed by atoms with van der Waals surface area (Å²) in [5.41, 5.74) is 2.07. The smallest absolute Gasteiger partial charge is 0.315 e. The molecule has 1 fully saturated rings. The third-order valence-electron chi connectivity index (χ3n) is 5.83. The van der Waals surface area contributed by atoms with E-state index in [9.17, 15) is 9.59 Å². The highest BCUT2D eigenvalue weighted by Crippen LogP contribution is 2.30. The molecule has 7 heteroatoms. The first-order chi connectivity index (χ1) is 14.6. The van der Waals surface area contributed by atoms with Gasteiger partial charge in [-0.2, -0.15) is 0 Å². The van der Waals surface area contributed by atoms with E-state index in [1.807, 2.05) is 66.2 Å². The van der Waals surface area contributed by atoms with E-state index in [0.29, 0.717) is 25.9 Å². The number of para-hydroxylation sites is 2. The van der Waals surface area contributed by atoms with Crippen LogP contribution in [-0.2, 0) is 24.9 Å². The van der Waals surface area contributed by atoms with Crippen molar-refractivity contribution in [2.24, 2.45) is 7.05 Å². The van der Waals surface area contributed by atoms with Crippen molar-refractivity contribution in [3.63, 3.8) is 0 Å². The van der Waals surface area contributed by atoms with Crippen molar-refractivity contribution >= 4 is 23.0 Å². The number of carbonyl (C=O) groups is 2. The van der Waals surface area contributed by atoms with Crippen LogP contribution < -0.4 is 16.0 Å². The summed E-state index contributed by atoms with van der Waals surface area (Å²) in [6, 6.07) is 17.3. The largest absolute Gasteiger partial charge is 0.347 e. The molecule has 0 spiro atoms. The highest BCUT2D eigenvalue weighted by Gasteiger charge is 2.42. The number of nitrogens with one attached hydrogen (secondary N) is 3. The lowest BCUT2D eigenvalue weighted by Crippen LogP contribution is -2.59. The maximum atomic E-state index is 13.1. The summed E-state index contributed by atoms with van der Waals surface area (Å²) < 4.78 is 1.98. The molecule has 1 aliphatic carbocycles. The Labute approximate surface area is 175 Å². The fourth-order valence-corrected chi connectivity index (χ4v) is 4.11. The minimum absolute atomic E-state index is 0.151. The number of benzene rings is 2. The molecule has 156 valence electrons. The number of nitrogens with zero attached hydrogens (tertiary/aromatic N) is 2. The second-order valence-corrected chi connectivity index (χ2v) is 7.84. The maximum Gasteiger partial charge on any atom is 0.315 e. The van der Waals surface area contributed by atoms with Gasteiger partial charge in [-0.05, 0) is 30.5 Å². The predicted molar refractivity (Wildman–Crippen MR) is 116 cm³/mol. The number of aromatic nitrogens is 2. The van der Waals surface area contributed by atoms with E-state index in [0.717, 1.165) is 35.3 Å². The Balaban J connectivity index is 1.39. The number of rotatable bonds is 6. The van der Waals surface area contributed by atoms with Gasteiger partial charge in [-0.1, -0.05) is 55.3 Å². The highest BCUT2D eigenvalue weighted by atomic mass is 16.2. The number of hydrogen-bond donors (Lipinski definition) is 3. The van der Waals surface area contributed by atoms with Gasteiger partial charge < -0.3 is 20.5 Å². The zero-order chi connectivity index (χ0) is 21.0. The summed E-state index contributed by atoms with van der Waals surface area (Å²) in [7, 11) is 1.94. The second kappa shape index (κ2) is 8.57. The first kappa shape index (κ1) is 19.9. The van der Waals surface area contributed by atoms with Gasteiger partial charge in [0, 0.05) is 13.6 Å². The Morgan fingerprint density at radius 3 is 2.40 bits per heavy atom. The van der Waals surface area contributed by atoms with Crippen LogP contribution in [0.3, 0.4) is 0 Å². The van der Waals surface area contributed by atoms with E-state index in [4.69, 9.17) is 0 Å². The molecule has 1 aromatic heterocycles. The molecule has 4 rings (SSSR count). The van der Waals surface area contributed by atoms with Crippen molar-refractivity contribution in [2.75, 3.05) is 0 Å². The molecule has 1 heterocycles. The van der Waals surface area contributed by atoms with E-state index in [-0.39, 0.29) is 11.9 Å². The Hall–Kier alpha value is -3.35. The Morgan fingerprint density at radius 1 is 0.967 bits per heavy atom. The molecule has 3 amide bonds. The maximum absolute atomic E-state index is 13.1. The van der Waals surface area contributed by atoms with Gasteiger partial charge in [0.2, 0.25) is 5.91 Å². The topological polar surface area (TPSA) is 88.0 Å². The summed E-state index contributed by atoms with van der Waals surface area (Å²) in [4.78, 5) is 30.2. The zero-order valence-corrected chi connectivity index (χ0v) is 17.1. The minimum Gasteiger partial charge on any atom is -0.347 e. The van der Waals surface area contributed by atoms with Crippen molar-refractivity contribution in [3.05, 3.63) is 66.0 Å². The molecule has 2 aromatic carbocycles. The molecule has 1 saturated carbocycles. The monoisotopic (exact) mass is 405 g/mol. The number of aryl methyl sites for hydroxylation is 1. The minimum atomic E-state index is -0.870. The Kier molecular flexibility index (Phi) is 5.70. The molecule has 0 bridgehead atoms. The molecule has 0 radical (unpaired) electrons. The number of fused-ring (bicyclic) bond motifs is 1. The molecule has 1 aliphatic rings.